The molecule has 3 aliphatic rings. The van der Waals surface area contributed by atoms with Crippen molar-refractivity contribution >= 4 is 25.8 Å². The zero-order valence-electron chi connectivity index (χ0n) is 11.4. The van der Waals surface area contributed by atoms with Gasteiger partial charge in [-0.25, -0.2) is 8.42 Å². The molecule has 20 heavy (non-hydrogen) atoms. The van der Waals surface area contributed by atoms with Crippen molar-refractivity contribution in [3.63, 3.8) is 0 Å². The quantitative estimate of drug-likeness (QED) is 0.757. The Morgan fingerprint density at radius 1 is 1.25 bits per heavy atom. The van der Waals surface area contributed by atoms with Gasteiger partial charge in [0.1, 0.15) is 0 Å². The highest BCUT2D eigenvalue weighted by molar-refractivity contribution is 9.09. The Morgan fingerprint density at radius 2 is 2.05 bits per heavy atom. The predicted octanol–water partition coefficient (Wildman–Crippen LogP) is 3.76. The highest BCUT2D eigenvalue weighted by Crippen LogP contribution is 2.64. The van der Waals surface area contributed by atoms with Crippen molar-refractivity contribution in [3.05, 3.63) is 29.8 Å². The molecule has 1 aliphatic heterocycles. The summed E-state index contributed by atoms with van der Waals surface area (Å²) in [6.45, 7) is 0. The van der Waals surface area contributed by atoms with Crippen molar-refractivity contribution in [2.45, 2.75) is 36.5 Å². The van der Waals surface area contributed by atoms with Crippen LogP contribution in [-0.2, 0) is 9.84 Å². The molecule has 4 unspecified atom stereocenters. The Kier molecular flexibility index (Phi) is 2.88. The number of benzene rings is 1. The van der Waals surface area contributed by atoms with Gasteiger partial charge in [0.15, 0.2) is 9.84 Å². The summed E-state index contributed by atoms with van der Waals surface area (Å²) in [5, 5.41) is 0.940. The van der Waals surface area contributed by atoms with Gasteiger partial charge in [0.2, 0.25) is 0 Å². The van der Waals surface area contributed by atoms with Crippen LogP contribution in [0.1, 0.15) is 37.2 Å². The Morgan fingerprint density at radius 3 is 2.70 bits per heavy atom. The van der Waals surface area contributed by atoms with Gasteiger partial charge in [0.05, 0.1) is 10.6 Å². The first-order chi connectivity index (χ1) is 9.57. The molecule has 2 bridgehead atoms. The third-order valence-electron chi connectivity index (χ3n) is 5.98. The second-order valence-electron chi connectivity index (χ2n) is 6.82. The lowest BCUT2D eigenvalue weighted by atomic mass is 9.65. The molecule has 0 amide bonds. The van der Waals surface area contributed by atoms with Crippen LogP contribution < -0.4 is 0 Å². The third-order valence-corrected chi connectivity index (χ3v) is 8.84. The summed E-state index contributed by atoms with van der Waals surface area (Å²) in [5.74, 6) is 2.05. The van der Waals surface area contributed by atoms with Gasteiger partial charge < -0.3 is 0 Å². The Bertz CT molecular complexity index is 654. The van der Waals surface area contributed by atoms with E-state index in [1.807, 2.05) is 18.2 Å². The summed E-state index contributed by atoms with van der Waals surface area (Å²) in [6.07, 6.45) is 5.15. The average molecular weight is 355 g/mol. The largest absolute Gasteiger partial charge is 0.224 e. The van der Waals surface area contributed by atoms with Crippen molar-refractivity contribution < 1.29 is 8.42 Å². The number of alkyl halides is 1. The number of rotatable bonds is 2. The Labute approximate surface area is 129 Å². The summed E-state index contributed by atoms with van der Waals surface area (Å²) < 4.78 is 24.9. The number of hydrogen-bond donors (Lipinski definition) is 0. The Hall–Kier alpha value is -0.350. The topological polar surface area (TPSA) is 34.1 Å². The second-order valence-corrected chi connectivity index (χ2v) is 9.38. The van der Waals surface area contributed by atoms with Gasteiger partial charge in [0.25, 0.3) is 0 Å². The third kappa shape index (κ3) is 1.64. The van der Waals surface area contributed by atoms with Gasteiger partial charge in [-0.3, -0.25) is 0 Å². The summed E-state index contributed by atoms with van der Waals surface area (Å²) in [6, 6.07) is 7.67. The minimum Gasteiger partial charge on any atom is -0.224 e. The maximum Gasteiger partial charge on any atom is 0.179 e. The van der Waals surface area contributed by atoms with Crippen LogP contribution in [0.3, 0.4) is 0 Å². The van der Waals surface area contributed by atoms with Crippen molar-refractivity contribution in [3.8, 4) is 0 Å². The summed E-state index contributed by atoms with van der Waals surface area (Å²) in [4.78, 5) is 0.591. The molecule has 0 spiro atoms. The van der Waals surface area contributed by atoms with Gasteiger partial charge in [-0.15, -0.1) is 0 Å². The van der Waals surface area contributed by atoms with Crippen LogP contribution in [0.15, 0.2) is 29.2 Å². The second kappa shape index (κ2) is 4.33. The zero-order valence-corrected chi connectivity index (χ0v) is 13.8. The van der Waals surface area contributed by atoms with Crippen molar-refractivity contribution in [1.82, 2.24) is 0 Å². The van der Waals surface area contributed by atoms with E-state index >= 15 is 0 Å². The summed E-state index contributed by atoms with van der Waals surface area (Å²) >= 11 is 3.74. The van der Waals surface area contributed by atoms with Crippen LogP contribution in [0.25, 0.3) is 0 Å². The number of hydrogen-bond acceptors (Lipinski definition) is 2. The predicted molar refractivity (Wildman–Crippen MR) is 82.9 cm³/mol. The van der Waals surface area contributed by atoms with Gasteiger partial charge in [0, 0.05) is 11.2 Å². The number of halogens is 1. The van der Waals surface area contributed by atoms with E-state index in [4.69, 9.17) is 0 Å². The monoisotopic (exact) mass is 354 g/mol. The molecule has 1 heterocycles. The fourth-order valence-electron chi connectivity index (χ4n) is 5.10. The van der Waals surface area contributed by atoms with E-state index in [2.05, 4.69) is 15.9 Å². The van der Waals surface area contributed by atoms with Gasteiger partial charge in [-0.1, -0.05) is 40.5 Å². The minimum absolute atomic E-state index is 0.169. The van der Waals surface area contributed by atoms with Crippen molar-refractivity contribution in [2.24, 2.45) is 17.3 Å². The van der Waals surface area contributed by atoms with Crippen molar-refractivity contribution in [2.75, 3.05) is 11.1 Å². The fourth-order valence-corrected chi connectivity index (χ4v) is 8.16. The maximum absolute atomic E-state index is 12.5. The molecular weight excluding hydrogens is 336 g/mol. The standard InChI is InChI=1S/C16H19BrO2S/c17-10-16(8-11-5-6-12(16)7-11)14-9-20(18,19)15-4-2-1-3-13(14)15/h1-4,11-12,14H,5-10H2. The van der Waals surface area contributed by atoms with E-state index < -0.39 is 9.84 Å². The molecule has 1 aromatic rings. The van der Waals surface area contributed by atoms with Crippen molar-refractivity contribution in [1.29, 1.82) is 0 Å². The fraction of sp³-hybridized carbons (Fsp3) is 0.625. The lowest BCUT2D eigenvalue weighted by Gasteiger charge is -2.41. The van der Waals surface area contributed by atoms with Gasteiger partial charge in [-0.2, -0.15) is 0 Å². The van der Waals surface area contributed by atoms with E-state index in [9.17, 15) is 8.42 Å². The lowest BCUT2D eigenvalue weighted by Crippen LogP contribution is -2.37. The average Bonchev–Trinajstić information content (AvgIpc) is 3.11. The molecule has 4 rings (SSSR count). The molecule has 2 nitrogen and oxygen atoms in total. The van der Waals surface area contributed by atoms with Crippen LogP contribution in [0.4, 0.5) is 0 Å². The van der Waals surface area contributed by atoms with Crippen LogP contribution in [0.2, 0.25) is 0 Å². The van der Waals surface area contributed by atoms with E-state index in [0.29, 0.717) is 16.6 Å². The molecular formula is C16H19BrO2S. The molecule has 0 N–H and O–H groups in total. The van der Waals surface area contributed by atoms with E-state index in [-0.39, 0.29) is 11.3 Å². The molecule has 0 saturated heterocycles. The van der Waals surface area contributed by atoms with Crippen LogP contribution in [0, 0.1) is 17.3 Å². The minimum atomic E-state index is -3.08. The molecule has 2 saturated carbocycles. The highest BCUT2D eigenvalue weighted by atomic mass is 79.9. The van der Waals surface area contributed by atoms with E-state index in [1.165, 1.54) is 25.7 Å². The first kappa shape index (κ1) is 13.3. The van der Waals surface area contributed by atoms with Crippen LogP contribution >= 0.6 is 15.9 Å². The Balaban J connectivity index is 1.84. The summed E-state index contributed by atoms with van der Waals surface area (Å²) in [5.41, 5.74) is 1.25. The zero-order chi connectivity index (χ0) is 14.0. The molecule has 4 heteroatoms. The normalized spacial score (nSPS) is 41.0. The van der Waals surface area contributed by atoms with Crippen LogP contribution in [-0.4, -0.2) is 19.5 Å². The molecule has 2 aliphatic carbocycles. The molecule has 0 radical (unpaired) electrons. The smallest absolute Gasteiger partial charge is 0.179 e. The molecule has 2 fully saturated rings. The summed E-state index contributed by atoms with van der Waals surface area (Å²) in [7, 11) is -3.08. The molecule has 1 aromatic carbocycles. The SMILES string of the molecule is O=S1(=O)CC(C2(CBr)CC3CCC2C3)c2ccccc21. The molecule has 108 valence electrons. The van der Waals surface area contributed by atoms with Crippen LogP contribution in [0.5, 0.6) is 0 Å². The lowest BCUT2D eigenvalue weighted by molar-refractivity contribution is 0.162. The van der Waals surface area contributed by atoms with E-state index in [0.717, 1.165) is 16.8 Å². The van der Waals surface area contributed by atoms with E-state index in [1.54, 1.807) is 6.07 Å². The molecule has 0 aromatic heterocycles. The number of sulfone groups is 1. The highest BCUT2D eigenvalue weighted by Gasteiger charge is 2.57. The van der Waals surface area contributed by atoms with Gasteiger partial charge in [-0.05, 0) is 48.1 Å². The molecule has 4 atom stereocenters. The maximum atomic E-state index is 12.5. The number of fused-ring (bicyclic) bond motifs is 3. The van der Waals surface area contributed by atoms with Gasteiger partial charge >= 0.3 is 0 Å². The first-order valence-corrected chi connectivity index (χ1v) is 10.2. The first-order valence-electron chi connectivity index (χ1n) is 7.44.